The third-order valence-corrected chi connectivity index (χ3v) is 5.84. The van der Waals surface area contributed by atoms with E-state index in [4.69, 9.17) is 20.4 Å². The second kappa shape index (κ2) is 12.3. The van der Waals surface area contributed by atoms with Crippen molar-refractivity contribution in [2.24, 2.45) is 0 Å². The quantitative estimate of drug-likeness (QED) is 0.519. The Kier molecular flexibility index (Phi) is 9.16. The predicted molar refractivity (Wildman–Crippen MR) is 138 cm³/mol. The van der Waals surface area contributed by atoms with E-state index in [2.05, 4.69) is 29.0 Å². The van der Waals surface area contributed by atoms with Crippen molar-refractivity contribution in [2.45, 2.75) is 52.5 Å². The molecule has 2 aromatic heterocycles. The molecule has 0 aliphatic carbocycles. The molecule has 0 bridgehead atoms. The summed E-state index contributed by atoms with van der Waals surface area (Å²) in [6.07, 6.45) is 4.62. The molecule has 1 aliphatic rings. The number of nitrogen functional groups attached to an aromatic ring is 1. The summed E-state index contributed by atoms with van der Waals surface area (Å²) in [5.41, 5.74) is 8.97. The lowest BCUT2D eigenvalue weighted by atomic mass is 10.0. The van der Waals surface area contributed by atoms with Crippen molar-refractivity contribution in [2.75, 3.05) is 37.4 Å². The number of aromatic nitrogens is 3. The minimum Gasteiger partial charge on any atom is -0.383 e. The Morgan fingerprint density at radius 1 is 1.18 bits per heavy atom. The molecule has 0 saturated carbocycles. The molecule has 34 heavy (non-hydrogen) atoms. The Balaban J connectivity index is 0.000000481. The highest BCUT2D eigenvalue weighted by Gasteiger charge is 2.22. The van der Waals surface area contributed by atoms with Gasteiger partial charge in [-0.15, -0.1) is 0 Å². The first-order chi connectivity index (χ1) is 16.5. The minimum atomic E-state index is -0.129. The first kappa shape index (κ1) is 25.4. The minimum absolute atomic E-state index is 0.129. The van der Waals surface area contributed by atoms with Crippen LogP contribution in [0.3, 0.4) is 0 Å². The summed E-state index contributed by atoms with van der Waals surface area (Å²) < 4.78 is 4.98. The van der Waals surface area contributed by atoms with Crippen molar-refractivity contribution in [1.29, 1.82) is 0 Å². The average Bonchev–Trinajstić information content (AvgIpc) is 2.87. The number of hydrogen-bond donors (Lipinski definition) is 2. The normalized spacial score (nSPS) is 15.5. The van der Waals surface area contributed by atoms with E-state index in [9.17, 15) is 4.79 Å². The molecule has 1 aliphatic heterocycles. The Hall–Kier alpha value is -3.26. The van der Waals surface area contributed by atoms with E-state index in [1.165, 1.54) is 6.42 Å². The molecular weight excluding hydrogens is 428 g/mol. The van der Waals surface area contributed by atoms with E-state index in [1.807, 2.05) is 37.3 Å². The smallest absolute Gasteiger partial charge is 0.251 e. The number of piperidine rings is 1. The zero-order valence-electron chi connectivity index (χ0n) is 20.7. The van der Waals surface area contributed by atoms with Crippen LogP contribution in [0, 0.1) is 0 Å². The maximum atomic E-state index is 11.9. The maximum absolute atomic E-state index is 11.9. The summed E-state index contributed by atoms with van der Waals surface area (Å²) in [7, 11) is 1.62. The summed E-state index contributed by atoms with van der Waals surface area (Å²) in [4.78, 5) is 28.1. The van der Waals surface area contributed by atoms with E-state index in [0.717, 1.165) is 55.7 Å². The molecule has 1 aromatic carbocycles. The number of nitrogens with one attached hydrogen (secondary N) is 1. The van der Waals surface area contributed by atoms with Crippen LogP contribution in [0.5, 0.6) is 0 Å². The molecule has 1 amide bonds. The number of hydrogen-bond acceptors (Lipinski definition) is 7. The lowest BCUT2D eigenvalue weighted by molar-refractivity contribution is 0.0963. The number of benzene rings is 1. The molecular formula is C26H36N6O2. The van der Waals surface area contributed by atoms with Crippen LogP contribution in [-0.4, -0.2) is 53.7 Å². The second-order valence-electron chi connectivity index (χ2n) is 8.37. The fourth-order valence-corrected chi connectivity index (χ4v) is 3.96. The SMILES string of the molecule is CCCOCC.CNC(=O)c1cccc(-c2ccc3c(N)nc(N4CCCC[C@@H]4C)nc3n2)c1. The number of anilines is 2. The lowest BCUT2D eigenvalue weighted by Crippen LogP contribution is -2.38. The predicted octanol–water partition coefficient (Wildman–Crippen LogP) is 4.45. The van der Waals surface area contributed by atoms with Gasteiger partial charge in [0, 0.05) is 44.0 Å². The number of carbonyl (C=O) groups is 1. The van der Waals surface area contributed by atoms with Crippen molar-refractivity contribution in [3.05, 3.63) is 42.0 Å². The molecule has 4 rings (SSSR count). The van der Waals surface area contributed by atoms with Gasteiger partial charge in [0.2, 0.25) is 5.95 Å². The third kappa shape index (κ3) is 6.20. The fourth-order valence-electron chi connectivity index (χ4n) is 3.96. The van der Waals surface area contributed by atoms with E-state index < -0.39 is 0 Å². The van der Waals surface area contributed by atoms with E-state index in [1.54, 1.807) is 13.1 Å². The van der Waals surface area contributed by atoms with Crippen molar-refractivity contribution < 1.29 is 9.53 Å². The molecule has 182 valence electrons. The van der Waals surface area contributed by atoms with E-state index >= 15 is 0 Å². The molecule has 0 unspecified atom stereocenters. The third-order valence-electron chi connectivity index (χ3n) is 5.84. The van der Waals surface area contributed by atoms with Gasteiger partial charge >= 0.3 is 0 Å². The summed E-state index contributed by atoms with van der Waals surface area (Å²) in [6, 6.07) is 11.5. The highest BCUT2D eigenvalue weighted by molar-refractivity contribution is 5.95. The Morgan fingerprint density at radius 2 is 2.00 bits per heavy atom. The van der Waals surface area contributed by atoms with Crippen LogP contribution < -0.4 is 16.0 Å². The van der Waals surface area contributed by atoms with Gasteiger partial charge in [0.1, 0.15) is 5.82 Å². The summed E-state index contributed by atoms with van der Waals surface area (Å²) in [5.74, 6) is 0.951. The number of rotatable bonds is 6. The van der Waals surface area contributed by atoms with Crippen molar-refractivity contribution in [1.82, 2.24) is 20.3 Å². The van der Waals surface area contributed by atoms with Crippen LogP contribution in [0.15, 0.2) is 36.4 Å². The summed E-state index contributed by atoms with van der Waals surface area (Å²) in [5, 5.41) is 3.38. The molecule has 3 heterocycles. The largest absolute Gasteiger partial charge is 0.383 e. The molecule has 0 spiro atoms. The molecule has 1 fully saturated rings. The molecule has 8 nitrogen and oxygen atoms in total. The van der Waals surface area contributed by atoms with Gasteiger partial charge in [-0.05, 0) is 63.8 Å². The maximum Gasteiger partial charge on any atom is 0.251 e. The number of pyridine rings is 1. The zero-order chi connectivity index (χ0) is 24.5. The number of nitrogens with two attached hydrogens (primary N) is 1. The van der Waals surface area contributed by atoms with Gasteiger partial charge in [-0.25, -0.2) is 4.98 Å². The van der Waals surface area contributed by atoms with Crippen LogP contribution >= 0.6 is 0 Å². The van der Waals surface area contributed by atoms with Crippen LogP contribution in [0.4, 0.5) is 11.8 Å². The molecule has 3 aromatic rings. The van der Waals surface area contributed by atoms with Gasteiger partial charge in [0.25, 0.3) is 5.91 Å². The standard InChI is InChI=1S/C21H24N6O.C5H12O/c1-13-6-3-4-11-27(13)21-25-18(22)16-9-10-17(24-19(16)26-21)14-7-5-8-15(12-14)20(28)23-2;1-3-5-6-4-2/h5,7-10,12-13H,3-4,6,11H2,1-2H3,(H,23,28)(H2,22,24,25,26);3-5H2,1-2H3/t13-;/m0./s1. The van der Waals surface area contributed by atoms with Gasteiger partial charge in [-0.3, -0.25) is 4.79 Å². The van der Waals surface area contributed by atoms with E-state index in [-0.39, 0.29) is 5.91 Å². The average molecular weight is 465 g/mol. The van der Waals surface area contributed by atoms with Crippen LogP contribution in [-0.2, 0) is 4.74 Å². The number of amides is 1. The van der Waals surface area contributed by atoms with Crippen molar-refractivity contribution in [3.8, 4) is 11.3 Å². The number of fused-ring (bicyclic) bond motifs is 1. The van der Waals surface area contributed by atoms with Crippen LogP contribution in [0.25, 0.3) is 22.3 Å². The second-order valence-corrected chi connectivity index (χ2v) is 8.37. The van der Waals surface area contributed by atoms with Crippen LogP contribution in [0.2, 0.25) is 0 Å². The lowest BCUT2D eigenvalue weighted by Gasteiger charge is -2.33. The van der Waals surface area contributed by atoms with Gasteiger partial charge in [-0.2, -0.15) is 9.97 Å². The Bertz CT molecular complexity index is 1100. The first-order valence-corrected chi connectivity index (χ1v) is 12.1. The summed E-state index contributed by atoms with van der Waals surface area (Å²) in [6.45, 7) is 9.01. The highest BCUT2D eigenvalue weighted by Crippen LogP contribution is 2.27. The Morgan fingerprint density at radius 3 is 2.68 bits per heavy atom. The van der Waals surface area contributed by atoms with Gasteiger partial charge in [-0.1, -0.05) is 19.1 Å². The fraction of sp³-hybridized carbons (Fsp3) is 0.462. The summed E-state index contributed by atoms with van der Waals surface area (Å²) >= 11 is 0. The first-order valence-electron chi connectivity index (χ1n) is 12.1. The topological polar surface area (TPSA) is 106 Å². The molecule has 8 heteroatoms. The van der Waals surface area contributed by atoms with Crippen molar-refractivity contribution >= 4 is 28.7 Å². The molecule has 1 saturated heterocycles. The van der Waals surface area contributed by atoms with Gasteiger partial charge in [0.05, 0.1) is 11.1 Å². The monoisotopic (exact) mass is 464 g/mol. The molecule has 1 atom stereocenters. The Labute approximate surface area is 201 Å². The van der Waals surface area contributed by atoms with E-state index in [0.29, 0.717) is 29.0 Å². The van der Waals surface area contributed by atoms with Gasteiger partial charge in [0.15, 0.2) is 5.65 Å². The van der Waals surface area contributed by atoms with Crippen molar-refractivity contribution in [3.63, 3.8) is 0 Å². The number of carbonyl (C=O) groups excluding carboxylic acids is 1. The zero-order valence-corrected chi connectivity index (χ0v) is 20.7. The van der Waals surface area contributed by atoms with Crippen LogP contribution in [0.1, 0.15) is 56.8 Å². The number of ether oxygens (including phenoxy) is 1. The highest BCUT2D eigenvalue weighted by atomic mass is 16.5. The van der Waals surface area contributed by atoms with Gasteiger partial charge < -0.3 is 20.7 Å². The molecule has 3 N–H and O–H groups in total. The molecule has 0 radical (unpaired) electrons. The number of nitrogens with zero attached hydrogens (tertiary/aromatic N) is 4.